The quantitative estimate of drug-likeness (QED) is 0.493. The number of nitrogens with zero attached hydrogens (tertiary/aromatic N) is 1. The van der Waals surface area contributed by atoms with Crippen molar-refractivity contribution >= 4 is 35.3 Å². The highest BCUT2D eigenvalue weighted by Crippen LogP contribution is 2.28. The van der Waals surface area contributed by atoms with Gasteiger partial charge in [0.1, 0.15) is 11.8 Å². The second-order valence-electron chi connectivity index (χ2n) is 8.18. The average Bonchev–Trinajstić information content (AvgIpc) is 3.09. The van der Waals surface area contributed by atoms with Gasteiger partial charge in [-0.15, -0.1) is 11.8 Å². The predicted molar refractivity (Wildman–Crippen MR) is 122 cm³/mol. The van der Waals surface area contributed by atoms with E-state index < -0.39 is 11.9 Å². The van der Waals surface area contributed by atoms with Crippen molar-refractivity contribution in [3.8, 4) is 0 Å². The molecule has 0 spiro atoms. The summed E-state index contributed by atoms with van der Waals surface area (Å²) in [5, 5.41) is 2.32. The van der Waals surface area contributed by atoms with E-state index in [2.05, 4.69) is 24.4 Å². The van der Waals surface area contributed by atoms with E-state index in [4.69, 9.17) is 0 Å². The number of fused-ring (bicyclic) bond motifs is 1. The fourth-order valence-electron chi connectivity index (χ4n) is 4.25. The predicted octanol–water partition coefficient (Wildman–Crippen LogP) is 3.30. The van der Waals surface area contributed by atoms with E-state index in [9.17, 15) is 19.2 Å². The van der Waals surface area contributed by atoms with E-state index in [1.165, 1.54) is 4.90 Å². The van der Waals surface area contributed by atoms with Gasteiger partial charge in [-0.2, -0.15) is 0 Å². The molecule has 0 radical (unpaired) electrons. The molecular weight excluding hydrogens is 424 g/mol. The molecule has 2 aliphatic heterocycles. The number of aryl methyl sites for hydroxylation is 1. The Bertz CT molecular complexity index is 1060. The van der Waals surface area contributed by atoms with Crippen molar-refractivity contribution in [2.24, 2.45) is 0 Å². The minimum Gasteiger partial charge on any atom is -0.322 e. The van der Waals surface area contributed by atoms with Crippen molar-refractivity contribution in [3.63, 3.8) is 0 Å². The van der Waals surface area contributed by atoms with Crippen LogP contribution in [0.2, 0.25) is 0 Å². The van der Waals surface area contributed by atoms with Crippen molar-refractivity contribution in [3.05, 3.63) is 64.7 Å². The summed E-state index contributed by atoms with van der Waals surface area (Å²) in [6.07, 6.45) is 2.06. The van der Waals surface area contributed by atoms with E-state index >= 15 is 0 Å². The summed E-state index contributed by atoms with van der Waals surface area (Å²) in [6, 6.07) is 13.2. The number of benzene rings is 2. The van der Waals surface area contributed by atoms with Gasteiger partial charge >= 0.3 is 0 Å². The first-order valence-electron chi connectivity index (χ1n) is 10.9. The highest BCUT2D eigenvalue weighted by Gasteiger charge is 2.39. The van der Waals surface area contributed by atoms with Gasteiger partial charge in [0.25, 0.3) is 5.91 Å². The molecule has 166 valence electrons. The molecule has 3 amide bonds. The Balaban J connectivity index is 1.34. The summed E-state index contributed by atoms with van der Waals surface area (Å²) in [6.45, 7) is 2.47. The Kier molecular flexibility index (Phi) is 6.74. The topological polar surface area (TPSA) is 83.6 Å². The molecule has 0 saturated carbocycles. The second-order valence-corrected chi connectivity index (χ2v) is 9.52. The molecule has 1 fully saturated rings. The number of carbonyl (C=O) groups excluding carboxylic acids is 4. The normalized spacial score (nSPS) is 18.0. The van der Waals surface area contributed by atoms with Gasteiger partial charge in [0.2, 0.25) is 11.8 Å². The van der Waals surface area contributed by atoms with Crippen molar-refractivity contribution in [2.75, 3.05) is 5.75 Å². The molecular formula is C25H26N2O4S. The summed E-state index contributed by atoms with van der Waals surface area (Å²) in [5.74, 6) is 0.327. The zero-order chi connectivity index (χ0) is 22.7. The monoisotopic (exact) mass is 450 g/mol. The van der Waals surface area contributed by atoms with Crippen molar-refractivity contribution in [2.45, 2.75) is 56.5 Å². The van der Waals surface area contributed by atoms with Crippen LogP contribution in [0.4, 0.5) is 0 Å². The first kappa shape index (κ1) is 22.3. The van der Waals surface area contributed by atoms with Crippen LogP contribution in [0.5, 0.6) is 0 Å². The maximum Gasteiger partial charge on any atom is 0.255 e. The maximum atomic E-state index is 12.8. The smallest absolute Gasteiger partial charge is 0.255 e. The van der Waals surface area contributed by atoms with E-state index in [0.29, 0.717) is 37.8 Å². The number of piperidine rings is 1. The number of amides is 3. The molecule has 1 unspecified atom stereocenters. The minimum absolute atomic E-state index is 0.179. The number of hydrogen-bond donors (Lipinski definition) is 1. The van der Waals surface area contributed by atoms with Crippen LogP contribution in [0.3, 0.4) is 0 Å². The molecule has 0 bridgehead atoms. The Labute approximate surface area is 191 Å². The van der Waals surface area contributed by atoms with Crippen LogP contribution in [0, 0.1) is 0 Å². The van der Waals surface area contributed by atoms with E-state index in [1.807, 2.05) is 24.3 Å². The molecule has 1 atom stereocenters. The molecule has 7 heteroatoms. The average molecular weight is 451 g/mol. The molecule has 6 nitrogen and oxygen atoms in total. The fourth-order valence-corrected chi connectivity index (χ4v) is 4.92. The maximum absolute atomic E-state index is 12.8. The molecule has 2 aromatic rings. The molecule has 0 aliphatic carbocycles. The Morgan fingerprint density at radius 3 is 2.56 bits per heavy atom. The lowest BCUT2D eigenvalue weighted by atomic mass is 10.00. The van der Waals surface area contributed by atoms with Gasteiger partial charge in [0.15, 0.2) is 0 Å². The summed E-state index contributed by atoms with van der Waals surface area (Å²) in [7, 11) is 0. The van der Waals surface area contributed by atoms with Crippen molar-refractivity contribution in [1.82, 2.24) is 10.2 Å². The first-order chi connectivity index (χ1) is 15.4. The zero-order valence-corrected chi connectivity index (χ0v) is 18.9. The summed E-state index contributed by atoms with van der Waals surface area (Å²) < 4.78 is 0. The third kappa shape index (κ3) is 4.93. The van der Waals surface area contributed by atoms with E-state index in [-0.39, 0.29) is 24.0 Å². The van der Waals surface area contributed by atoms with Crippen LogP contribution in [0.1, 0.15) is 53.2 Å². The number of Topliss-reactive ketones (excluding diaryl/α,β-unsaturated/α-hetero) is 1. The van der Waals surface area contributed by atoms with Gasteiger partial charge in [-0.1, -0.05) is 31.2 Å². The zero-order valence-electron chi connectivity index (χ0n) is 18.1. The van der Waals surface area contributed by atoms with Crippen molar-refractivity contribution in [1.29, 1.82) is 0 Å². The summed E-state index contributed by atoms with van der Waals surface area (Å²) in [5.41, 5.74) is 3.49. The molecule has 0 aromatic heterocycles. The Morgan fingerprint density at radius 2 is 1.84 bits per heavy atom. The first-order valence-corrected chi connectivity index (χ1v) is 11.9. The highest BCUT2D eigenvalue weighted by atomic mass is 32.2. The standard InChI is InChI=1S/C25H26N2O4S/c1-2-32-20-8-4-17(5-9-20)14-19(28)7-3-16-6-10-21-18(13-16)15-27(25(21)31)22-11-12-23(29)26-24(22)30/h4-6,8-10,13,22H,2-3,7,11-12,14-15H2,1H3,(H,26,29,30). The van der Waals surface area contributed by atoms with Gasteiger partial charge in [0.05, 0.1) is 0 Å². The number of ketones is 1. The lowest BCUT2D eigenvalue weighted by Crippen LogP contribution is -2.52. The molecule has 2 aromatic carbocycles. The summed E-state index contributed by atoms with van der Waals surface area (Å²) in [4.78, 5) is 51.6. The summed E-state index contributed by atoms with van der Waals surface area (Å²) >= 11 is 1.78. The van der Waals surface area contributed by atoms with Crippen LogP contribution in [0.15, 0.2) is 47.4 Å². The van der Waals surface area contributed by atoms with E-state index in [0.717, 1.165) is 22.4 Å². The van der Waals surface area contributed by atoms with Gasteiger partial charge in [-0.05, 0) is 53.5 Å². The lowest BCUT2D eigenvalue weighted by Gasteiger charge is -2.29. The molecule has 32 heavy (non-hydrogen) atoms. The highest BCUT2D eigenvalue weighted by molar-refractivity contribution is 7.99. The lowest BCUT2D eigenvalue weighted by molar-refractivity contribution is -0.137. The molecule has 2 heterocycles. The molecule has 2 aliphatic rings. The van der Waals surface area contributed by atoms with Gasteiger partial charge in [0, 0.05) is 36.3 Å². The van der Waals surface area contributed by atoms with E-state index in [1.54, 1.807) is 22.7 Å². The molecule has 1 saturated heterocycles. The number of hydrogen-bond acceptors (Lipinski definition) is 5. The number of nitrogens with one attached hydrogen (secondary N) is 1. The van der Waals surface area contributed by atoms with Crippen LogP contribution in [-0.2, 0) is 33.8 Å². The van der Waals surface area contributed by atoms with Crippen LogP contribution in [0.25, 0.3) is 0 Å². The largest absolute Gasteiger partial charge is 0.322 e. The van der Waals surface area contributed by atoms with Crippen molar-refractivity contribution < 1.29 is 19.2 Å². The van der Waals surface area contributed by atoms with Gasteiger partial charge in [-0.25, -0.2) is 0 Å². The van der Waals surface area contributed by atoms with Crippen LogP contribution < -0.4 is 5.32 Å². The van der Waals surface area contributed by atoms with Gasteiger partial charge < -0.3 is 4.90 Å². The number of thioether (sulfide) groups is 1. The third-order valence-corrected chi connectivity index (χ3v) is 6.81. The number of rotatable bonds is 8. The SMILES string of the molecule is CCSc1ccc(CC(=O)CCc2ccc3c(c2)CN(C2CCC(=O)NC2=O)C3=O)cc1. The number of carbonyl (C=O) groups is 4. The van der Waals surface area contributed by atoms with Crippen LogP contribution >= 0.6 is 11.8 Å². The molecule has 4 rings (SSSR count). The number of imide groups is 1. The fraction of sp³-hybridized carbons (Fsp3) is 0.360. The second kappa shape index (κ2) is 9.69. The Hall–Kier alpha value is -2.93. The third-order valence-electron chi connectivity index (χ3n) is 5.92. The Morgan fingerprint density at radius 1 is 1.09 bits per heavy atom. The minimum atomic E-state index is -0.611. The van der Waals surface area contributed by atoms with Gasteiger partial charge in [-0.3, -0.25) is 24.5 Å². The molecule has 1 N–H and O–H groups in total. The van der Waals surface area contributed by atoms with Crippen LogP contribution in [-0.4, -0.2) is 40.2 Å².